The summed E-state index contributed by atoms with van der Waals surface area (Å²) in [4.78, 5) is 46.2. The highest BCUT2D eigenvalue weighted by Crippen LogP contribution is 2.43. The number of aliphatic carboxylic acids is 1. The fourth-order valence-corrected chi connectivity index (χ4v) is 8.25. The molecule has 384 valence electrons. The van der Waals surface area contributed by atoms with Gasteiger partial charge in [0.2, 0.25) is 0 Å². The van der Waals surface area contributed by atoms with E-state index >= 15 is 0 Å². The molecule has 66 heavy (non-hydrogen) atoms. The number of carboxylic acid groups (broad SMARTS) is 1. The number of allylic oxidation sites excluding steroid dienone is 8. The number of rotatable bonds is 50. The number of ether oxygens (including phenoxy) is 2. The summed E-state index contributed by atoms with van der Waals surface area (Å²) in [6, 6.07) is -1.52. The average Bonchev–Trinajstić information content (AvgIpc) is 3.30. The molecule has 0 aliphatic rings. The number of nitrogens with two attached hydrogens (primary N) is 1. The Kier molecular flexibility index (Phi) is 47.0. The van der Waals surface area contributed by atoms with Crippen molar-refractivity contribution in [3.8, 4) is 0 Å². The molecule has 12 heteroatoms. The Hall–Kier alpha value is -2.56. The lowest BCUT2D eigenvalue weighted by atomic mass is 10.0. The van der Waals surface area contributed by atoms with Crippen molar-refractivity contribution >= 4 is 25.7 Å². The second kappa shape index (κ2) is 48.9. The van der Waals surface area contributed by atoms with Gasteiger partial charge in [-0.25, -0.2) is 4.57 Å². The SMILES string of the molecule is CC/C=C\C/C=C\C/C=C\C/C=C\CCCCCCCCCCC(=O)OC(COC(=O)CCCCCCCCCCCCCCCCCCCCCCC)COP(=O)(O)OCC(N)C(=O)O. The lowest BCUT2D eigenvalue weighted by molar-refractivity contribution is -0.161. The van der Waals surface area contributed by atoms with Crippen LogP contribution in [0.2, 0.25) is 0 Å². The molecule has 0 radical (unpaired) electrons. The molecule has 0 saturated carbocycles. The monoisotopic (exact) mass is 952 g/mol. The molecule has 0 heterocycles. The summed E-state index contributed by atoms with van der Waals surface area (Å²) >= 11 is 0. The van der Waals surface area contributed by atoms with E-state index in [1.807, 2.05) is 0 Å². The minimum Gasteiger partial charge on any atom is -0.480 e. The van der Waals surface area contributed by atoms with Crippen molar-refractivity contribution < 1.29 is 47.5 Å². The molecule has 11 nitrogen and oxygen atoms in total. The van der Waals surface area contributed by atoms with Gasteiger partial charge in [-0.05, 0) is 51.4 Å². The Balaban J connectivity index is 4.21. The van der Waals surface area contributed by atoms with Gasteiger partial charge >= 0.3 is 25.7 Å². The van der Waals surface area contributed by atoms with Crippen LogP contribution in [0.3, 0.4) is 0 Å². The topological polar surface area (TPSA) is 172 Å². The van der Waals surface area contributed by atoms with Gasteiger partial charge in [-0.3, -0.25) is 23.4 Å². The molecule has 0 aliphatic heterocycles. The van der Waals surface area contributed by atoms with E-state index in [2.05, 4.69) is 67.0 Å². The lowest BCUT2D eigenvalue weighted by Gasteiger charge is -2.20. The molecule has 0 amide bonds. The zero-order valence-electron chi connectivity index (χ0n) is 42.0. The Bertz CT molecular complexity index is 1300. The van der Waals surface area contributed by atoms with Crippen molar-refractivity contribution in [2.24, 2.45) is 5.73 Å². The van der Waals surface area contributed by atoms with Gasteiger partial charge in [0.15, 0.2) is 6.10 Å². The predicted molar refractivity (Wildman–Crippen MR) is 272 cm³/mol. The highest BCUT2D eigenvalue weighted by atomic mass is 31.2. The third-order valence-electron chi connectivity index (χ3n) is 11.6. The van der Waals surface area contributed by atoms with E-state index in [1.165, 1.54) is 128 Å². The number of hydrogen-bond acceptors (Lipinski definition) is 9. The van der Waals surface area contributed by atoms with Gasteiger partial charge in [0.25, 0.3) is 0 Å². The molecule has 3 unspecified atom stereocenters. The first kappa shape index (κ1) is 63.4. The predicted octanol–water partition coefficient (Wildman–Crippen LogP) is 15.3. The summed E-state index contributed by atoms with van der Waals surface area (Å²) in [5, 5.41) is 8.93. The van der Waals surface area contributed by atoms with Crippen molar-refractivity contribution in [2.45, 2.75) is 257 Å². The number of carboxylic acids is 1. The number of phosphoric ester groups is 1. The lowest BCUT2D eigenvalue weighted by Crippen LogP contribution is -2.34. The highest BCUT2D eigenvalue weighted by molar-refractivity contribution is 7.47. The van der Waals surface area contributed by atoms with Crippen LogP contribution in [0.5, 0.6) is 0 Å². The summed E-state index contributed by atoms with van der Waals surface area (Å²) in [6.07, 6.45) is 57.4. The molecule has 0 aliphatic carbocycles. The van der Waals surface area contributed by atoms with Crippen LogP contribution in [0.15, 0.2) is 48.6 Å². The van der Waals surface area contributed by atoms with E-state index < -0.39 is 51.1 Å². The van der Waals surface area contributed by atoms with Crippen LogP contribution in [0.25, 0.3) is 0 Å². The third-order valence-corrected chi connectivity index (χ3v) is 12.5. The Morgan fingerprint density at radius 2 is 0.848 bits per heavy atom. The van der Waals surface area contributed by atoms with E-state index in [9.17, 15) is 23.8 Å². The quantitative estimate of drug-likeness (QED) is 0.0229. The smallest absolute Gasteiger partial charge is 0.472 e. The van der Waals surface area contributed by atoms with E-state index in [-0.39, 0.29) is 19.4 Å². The van der Waals surface area contributed by atoms with Gasteiger partial charge in [0.05, 0.1) is 13.2 Å². The van der Waals surface area contributed by atoms with Gasteiger partial charge in [-0.15, -0.1) is 0 Å². The number of carbonyl (C=O) groups is 3. The van der Waals surface area contributed by atoms with Crippen LogP contribution in [-0.4, -0.2) is 59.9 Å². The molecule has 3 atom stereocenters. The Morgan fingerprint density at radius 1 is 0.485 bits per heavy atom. The van der Waals surface area contributed by atoms with Crippen LogP contribution >= 0.6 is 7.82 Å². The first-order valence-corrected chi connectivity index (χ1v) is 28.2. The summed E-state index contributed by atoms with van der Waals surface area (Å²) < 4.78 is 32.9. The molecule has 0 rings (SSSR count). The molecule has 0 aromatic heterocycles. The molecule has 0 saturated heterocycles. The van der Waals surface area contributed by atoms with Gasteiger partial charge in [0.1, 0.15) is 12.6 Å². The molecule has 4 N–H and O–H groups in total. The van der Waals surface area contributed by atoms with E-state index in [0.717, 1.165) is 77.0 Å². The molecule has 0 aromatic carbocycles. The second-order valence-electron chi connectivity index (χ2n) is 18.0. The standard InChI is InChI=1S/C54H98NO10P/c1-3-5-7-9-11-13-15-17-19-21-23-25-27-29-31-33-35-37-39-41-43-45-52(56)62-47-50(48-63-66(60,61)64-49-51(55)54(58)59)65-53(57)46-44-42-40-38-36-34-32-30-28-26-24-22-20-18-16-14-12-10-8-6-4-2/h6,8,12,14,18,20,24,26,50-51H,3-5,7,9-11,13,15-17,19,21-23,25,27-49,55H2,1-2H3,(H,58,59)(H,60,61)/b8-6-,14-12-,20-18-,26-24-. The number of hydrogen-bond donors (Lipinski definition) is 3. The molecule has 0 bridgehead atoms. The van der Waals surface area contributed by atoms with Gasteiger partial charge in [0, 0.05) is 12.8 Å². The van der Waals surface area contributed by atoms with Crippen LogP contribution in [0, 0.1) is 0 Å². The van der Waals surface area contributed by atoms with Crippen molar-refractivity contribution in [3.63, 3.8) is 0 Å². The fourth-order valence-electron chi connectivity index (χ4n) is 7.47. The molecular weight excluding hydrogens is 854 g/mol. The van der Waals surface area contributed by atoms with Crippen molar-refractivity contribution in [1.29, 1.82) is 0 Å². The minimum atomic E-state index is -4.73. The number of phosphoric acid groups is 1. The first-order chi connectivity index (χ1) is 32.1. The fraction of sp³-hybridized carbons (Fsp3) is 0.796. The maximum absolute atomic E-state index is 12.7. The van der Waals surface area contributed by atoms with Gasteiger partial charge in [-0.2, -0.15) is 0 Å². The molecule has 0 aromatic rings. The Morgan fingerprint density at radius 3 is 1.27 bits per heavy atom. The molecule has 0 fully saturated rings. The summed E-state index contributed by atoms with van der Waals surface area (Å²) in [7, 11) is -4.73. The number of esters is 2. The zero-order chi connectivity index (χ0) is 48.4. The third kappa shape index (κ3) is 47.9. The maximum atomic E-state index is 12.7. The summed E-state index contributed by atoms with van der Waals surface area (Å²) in [6.45, 7) is 2.73. The summed E-state index contributed by atoms with van der Waals surface area (Å²) in [5.74, 6) is -2.38. The highest BCUT2D eigenvalue weighted by Gasteiger charge is 2.28. The van der Waals surface area contributed by atoms with Crippen molar-refractivity contribution in [2.75, 3.05) is 19.8 Å². The van der Waals surface area contributed by atoms with Crippen LogP contribution in [0.1, 0.15) is 245 Å². The van der Waals surface area contributed by atoms with Crippen molar-refractivity contribution in [1.82, 2.24) is 0 Å². The van der Waals surface area contributed by atoms with E-state index in [1.54, 1.807) is 0 Å². The van der Waals surface area contributed by atoms with E-state index in [4.69, 9.17) is 24.8 Å². The minimum absolute atomic E-state index is 0.152. The van der Waals surface area contributed by atoms with Gasteiger partial charge in [-0.1, -0.05) is 229 Å². The van der Waals surface area contributed by atoms with Crippen LogP contribution in [-0.2, 0) is 37.5 Å². The van der Waals surface area contributed by atoms with Gasteiger partial charge < -0.3 is 25.2 Å². The van der Waals surface area contributed by atoms with Crippen LogP contribution < -0.4 is 5.73 Å². The summed E-state index contributed by atoms with van der Waals surface area (Å²) in [5.41, 5.74) is 5.36. The van der Waals surface area contributed by atoms with E-state index in [0.29, 0.717) is 12.8 Å². The maximum Gasteiger partial charge on any atom is 0.472 e. The van der Waals surface area contributed by atoms with Crippen molar-refractivity contribution in [3.05, 3.63) is 48.6 Å². The largest absolute Gasteiger partial charge is 0.480 e. The average molecular weight is 952 g/mol. The zero-order valence-corrected chi connectivity index (χ0v) is 42.9. The first-order valence-electron chi connectivity index (χ1n) is 26.7. The normalized spacial score (nSPS) is 13.9. The van der Waals surface area contributed by atoms with Crippen LogP contribution in [0.4, 0.5) is 0 Å². The number of carbonyl (C=O) groups excluding carboxylic acids is 2. The second-order valence-corrected chi connectivity index (χ2v) is 19.4. The Labute approximate surface area is 403 Å². The number of unbranched alkanes of at least 4 members (excludes halogenated alkanes) is 28. The molecular formula is C54H98NO10P. The molecule has 0 spiro atoms.